The van der Waals surface area contributed by atoms with Crippen LogP contribution in [0.4, 0.5) is 0 Å². The summed E-state index contributed by atoms with van der Waals surface area (Å²) in [5.74, 6) is 1.28. The van der Waals surface area contributed by atoms with Gasteiger partial charge >= 0.3 is 5.69 Å². The standard InChI is InChI=1S/C20H20N4O5/c1-12-8-14-9-13(2-3-16(14)28-12)17-10-15(23-29-17)11-21-18(25)4-6-24-7-5-19(26)22-20(24)27/h2-3,5,7,9-10,12H,4,6,8,11H2,1H3,(H,21,25)(H,22,26,27). The summed E-state index contributed by atoms with van der Waals surface area (Å²) in [5.41, 5.74) is 1.63. The van der Waals surface area contributed by atoms with Crippen LogP contribution in [0.2, 0.25) is 0 Å². The Bertz CT molecular complexity index is 1160. The molecule has 1 unspecified atom stereocenters. The number of fused-ring (bicyclic) bond motifs is 1. The van der Waals surface area contributed by atoms with E-state index in [0.717, 1.165) is 23.3 Å². The highest BCUT2D eigenvalue weighted by Crippen LogP contribution is 2.33. The van der Waals surface area contributed by atoms with Gasteiger partial charge in [-0.1, -0.05) is 5.16 Å². The number of carbonyl (C=O) groups excluding carboxylic acids is 1. The fourth-order valence-electron chi connectivity index (χ4n) is 3.23. The molecule has 0 radical (unpaired) electrons. The monoisotopic (exact) mass is 396 g/mol. The number of nitrogens with zero attached hydrogens (tertiary/aromatic N) is 2. The summed E-state index contributed by atoms with van der Waals surface area (Å²) in [7, 11) is 0. The number of hydrogen-bond donors (Lipinski definition) is 2. The number of aromatic amines is 1. The Hall–Kier alpha value is -3.62. The van der Waals surface area contributed by atoms with Crippen LogP contribution in [0, 0.1) is 0 Å². The quantitative estimate of drug-likeness (QED) is 0.647. The number of nitrogens with one attached hydrogen (secondary N) is 2. The molecule has 0 spiro atoms. The average molecular weight is 396 g/mol. The van der Waals surface area contributed by atoms with E-state index in [4.69, 9.17) is 9.26 Å². The molecule has 0 bridgehead atoms. The van der Waals surface area contributed by atoms with Gasteiger partial charge in [-0.15, -0.1) is 0 Å². The molecule has 2 aromatic heterocycles. The molecular formula is C20H20N4O5. The first kappa shape index (κ1) is 18.7. The summed E-state index contributed by atoms with van der Waals surface area (Å²) in [4.78, 5) is 36.8. The van der Waals surface area contributed by atoms with Crippen molar-refractivity contribution in [3.8, 4) is 17.1 Å². The number of H-pyrrole nitrogens is 1. The van der Waals surface area contributed by atoms with Gasteiger partial charge in [0, 0.05) is 43.3 Å². The van der Waals surface area contributed by atoms with Crippen molar-refractivity contribution >= 4 is 5.91 Å². The minimum Gasteiger partial charge on any atom is -0.490 e. The van der Waals surface area contributed by atoms with Gasteiger partial charge in [0.25, 0.3) is 5.56 Å². The molecule has 1 aromatic carbocycles. The molecule has 1 aliphatic rings. The Morgan fingerprint density at radius 1 is 1.31 bits per heavy atom. The molecule has 0 saturated heterocycles. The molecule has 1 atom stereocenters. The summed E-state index contributed by atoms with van der Waals surface area (Å²) in [6.45, 7) is 2.41. The van der Waals surface area contributed by atoms with Crippen LogP contribution in [0.15, 0.2) is 50.6 Å². The number of benzene rings is 1. The Morgan fingerprint density at radius 3 is 3.00 bits per heavy atom. The number of amides is 1. The number of aromatic nitrogens is 3. The van der Waals surface area contributed by atoms with Crippen molar-refractivity contribution in [3.63, 3.8) is 0 Å². The van der Waals surface area contributed by atoms with Gasteiger partial charge in [0.05, 0.1) is 6.54 Å². The molecule has 150 valence electrons. The molecule has 3 heterocycles. The second-order valence-electron chi connectivity index (χ2n) is 6.97. The predicted molar refractivity (Wildman–Crippen MR) is 104 cm³/mol. The minimum absolute atomic E-state index is 0.0969. The van der Waals surface area contributed by atoms with Gasteiger partial charge in [-0.2, -0.15) is 0 Å². The van der Waals surface area contributed by atoms with E-state index in [1.165, 1.54) is 16.8 Å². The van der Waals surface area contributed by atoms with E-state index < -0.39 is 11.2 Å². The summed E-state index contributed by atoms with van der Waals surface area (Å²) >= 11 is 0. The van der Waals surface area contributed by atoms with Gasteiger partial charge in [0.15, 0.2) is 5.76 Å². The molecule has 9 heteroatoms. The third-order valence-corrected chi connectivity index (χ3v) is 4.68. The van der Waals surface area contributed by atoms with Crippen LogP contribution >= 0.6 is 0 Å². The largest absolute Gasteiger partial charge is 0.490 e. The second kappa shape index (κ2) is 7.78. The zero-order valence-electron chi connectivity index (χ0n) is 15.8. The van der Waals surface area contributed by atoms with Crippen LogP contribution in [0.3, 0.4) is 0 Å². The van der Waals surface area contributed by atoms with Crippen LogP contribution in [0.25, 0.3) is 11.3 Å². The number of hydrogen-bond acceptors (Lipinski definition) is 6. The van der Waals surface area contributed by atoms with Crippen molar-refractivity contribution in [1.29, 1.82) is 0 Å². The van der Waals surface area contributed by atoms with Gasteiger partial charge < -0.3 is 19.1 Å². The van der Waals surface area contributed by atoms with Crippen molar-refractivity contribution in [2.45, 2.75) is 39.0 Å². The first-order valence-electron chi connectivity index (χ1n) is 9.30. The Morgan fingerprint density at radius 2 is 2.17 bits per heavy atom. The van der Waals surface area contributed by atoms with E-state index in [-0.39, 0.29) is 31.5 Å². The summed E-state index contributed by atoms with van der Waals surface area (Å²) in [5, 5.41) is 6.74. The number of aryl methyl sites for hydroxylation is 1. The highest BCUT2D eigenvalue weighted by atomic mass is 16.5. The van der Waals surface area contributed by atoms with Gasteiger partial charge in [-0.25, -0.2) is 4.79 Å². The number of ether oxygens (including phenoxy) is 1. The molecule has 0 aliphatic carbocycles. The van der Waals surface area contributed by atoms with E-state index in [2.05, 4.69) is 15.5 Å². The average Bonchev–Trinajstić information content (AvgIpc) is 3.30. The SMILES string of the molecule is CC1Cc2cc(-c3cc(CNC(=O)CCn4ccc(=O)[nH]c4=O)no3)ccc2O1. The Kier molecular flexibility index (Phi) is 5.03. The Labute approximate surface area is 165 Å². The second-order valence-corrected chi connectivity index (χ2v) is 6.97. The van der Waals surface area contributed by atoms with Gasteiger partial charge in [-0.3, -0.25) is 14.6 Å². The highest BCUT2D eigenvalue weighted by molar-refractivity contribution is 5.75. The lowest BCUT2D eigenvalue weighted by Crippen LogP contribution is -2.31. The van der Waals surface area contributed by atoms with Crippen molar-refractivity contribution in [3.05, 3.63) is 68.6 Å². The lowest BCUT2D eigenvalue weighted by Gasteiger charge is -2.05. The molecule has 9 nitrogen and oxygen atoms in total. The topological polar surface area (TPSA) is 119 Å². The molecule has 2 N–H and O–H groups in total. The zero-order chi connectivity index (χ0) is 20.4. The molecule has 4 rings (SSSR count). The molecule has 0 saturated carbocycles. The van der Waals surface area contributed by atoms with Crippen LogP contribution < -0.4 is 21.3 Å². The fourth-order valence-corrected chi connectivity index (χ4v) is 3.23. The number of rotatable bonds is 6. The van der Waals surface area contributed by atoms with Crippen molar-refractivity contribution in [2.24, 2.45) is 0 Å². The summed E-state index contributed by atoms with van der Waals surface area (Å²) in [6.07, 6.45) is 2.49. The molecule has 0 fully saturated rings. The third kappa shape index (κ3) is 4.29. The van der Waals surface area contributed by atoms with E-state index in [1.807, 2.05) is 25.1 Å². The van der Waals surface area contributed by atoms with Crippen molar-refractivity contribution in [1.82, 2.24) is 20.0 Å². The predicted octanol–water partition coefficient (Wildman–Crippen LogP) is 1.22. The molecule has 1 aliphatic heterocycles. The van der Waals surface area contributed by atoms with Crippen LogP contribution in [-0.4, -0.2) is 26.7 Å². The molecule has 29 heavy (non-hydrogen) atoms. The normalized spacial score (nSPS) is 15.0. The number of carbonyl (C=O) groups is 1. The van der Waals surface area contributed by atoms with E-state index in [9.17, 15) is 14.4 Å². The van der Waals surface area contributed by atoms with Gasteiger partial charge in [-0.05, 0) is 30.7 Å². The fraction of sp³-hybridized carbons (Fsp3) is 0.300. The van der Waals surface area contributed by atoms with Crippen LogP contribution in [0.5, 0.6) is 5.75 Å². The Balaban J connectivity index is 1.32. The third-order valence-electron chi connectivity index (χ3n) is 4.68. The van der Waals surface area contributed by atoms with Crippen molar-refractivity contribution < 1.29 is 14.1 Å². The lowest BCUT2D eigenvalue weighted by atomic mass is 10.1. The minimum atomic E-state index is -0.541. The first-order chi connectivity index (χ1) is 14.0. The van der Waals surface area contributed by atoms with E-state index in [0.29, 0.717) is 11.5 Å². The smallest absolute Gasteiger partial charge is 0.328 e. The van der Waals surface area contributed by atoms with E-state index in [1.54, 1.807) is 6.07 Å². The summed E-state index contributed by atoms with van der Waals surface area (Å²) in [6, 6.07) is 8.90. The zero-order valence-corrected chi connectivity index (χ0v) is 15.8. The van der Waals surface area contributed by atoms with Crippen molar-refractivity contribution in [2.75, 3.05) is 0 Å². The maximum atomic E-state index is 12.0. The van der Waals surface area contributed by atoms with Gasteiger partial charge in [0.2, 0.25) is 5.91 Å². The summed E-state index contributed by atoms with van der Waals surface area (Å²) < 4.78 is 12.4. The highest BCUT2D eigenvalue weighted by Gasteiger charge is 2.20. The molecule has 1 amide bonds. The maximum Gasteiger partial charge on any atom is 0.328 e. The van der Waals surface area contributed by atoms with Crippen LogP contribution in [-0.2, 0) is 24.3 Å². The maximum absolute atomic E-state index is 12.0. The van der Waals surface area contributed by atoms with Gasteiger partial charge in [0.1, 0.15) is 17.5 Å². The molecule has 3 aromatic rings. The first-order valence-corrected chi connectivity index (χ1v) is 9.30. The molecular weight excluding hydrogens is 376 g/mol. The lowest BCUT2D eigenvalue weighted by molar-refractivity contribution is -0.121. The van der Waals surface area contributed by atoms with Crippen LogP contribution in [0.1, 0.15) is 24.6 Å². The van der Waals surface area contributed by atoms with E-state index >= 15 is 0 Å².